The normalized spacial score (nSPS) is 11.0. The Kier molecular flexibility index (Phi) is 12.4. The number of imidazole rings is 2. The summed E-state index contributed by atoms with van der Waals surface area (Å²) in [6, 6.07) is 9.36. The van der Waals surface area contributed by atoms with Crippen LogP contribution >= 0.6 is 43.5 Å². The van der Waals surface area contributed by atoms with Crippen LogP contribution in [0.5, 0.6) is 0 Å². The molecule has 0 radical (unpaired) electrons. The molecular weight excluding hydrogens is 874 g/mol. The molecule has 0 bridgehead atoms. The minimum Gasteiger partial charge on any atom is -0.464 e. The van der Waals surface area contributed by atoms with E-state index in [9.17, 15) is 18.4 Å². The topological polar surface area (TPSA) is 177 Å². The lowest BCUT2D eigenvalue weighted by atomic mass is 10.1. The van der Waals surface area contributed by atoms with Gasteiger partial charge in [-0.05, 0) is 93.7 Å². The number of rotatable bonds is 8. The molecule has 0 aliphatic carbocycles. The van der Waals surface area contributed by atoms with Crippen molar-refractivity contribution in [1.82, 2.24) is 28.7 Å². The summed E-state index contributed by atoms with van der Waals surface area (Å²) in [4.78, 5) is 40.0. The maximum atomic E-state index is 14.3. The first kappa shape index (κ1) is 39.3. The summed E-state index contributed by atoms with van der Waals surface area (Å²) in [5.74, 6) is -1.20. The van der Waals surface area contributed by atoms with E-state index in [1.807, 2.05) is 0 Å². The Hall–Kier alpha value is -5.43. The molecule has 0 unspecified atom stereocenters. The zero-order chi connectivity index (χ0) is 39.2. The number of anilines is 1. The zero-order valence-electron chi connectivity index (χ0n) is 28.9. The van der Waals surface area contributed by atoms with Gasteiger partial charge in [-0.2, -0.15) is 0 Å². The molecule has 19 heteroatoms. The molecule has 8 rings (SSSR count). The molecular formula is C36H29Br2ClF2N8O6. The van der Waals surface area contributed by atoms with E-state index in [1.165, 1.54) is 47.7 Å². The van der Waals surface area contributed by atoms with Crippen LogP contribution < -0.4 is 11.1 Å². The maximum Gasteiger partial charge on any atom is 0.358 e. The molecule has 6 aromatic heterocycles. The molecule has 6 heterocycles. The second-order valence-corrected chi connectivity index (χ2v) is 13.2. The number of carbonyl (C=O) groups excluding carboxylic acids is 2. The minimum absolute atomic E-state index is 0.164. The van der Waals surface area contributed by atoms with Crippen molar-refractivity contribution in [1.29, 1.82) is 0 Å². The molecule has 0 saturated heterocycles. The van der Waals surface area contributed by atoms with E-state index in [1.54, 1.807) is 48.7 Å². The Morgan fingerprint density at radius 3 is 1.85 bits per heavy atom. The van der Waals surface area contributed by atoms with Crippen LogP contribution in [0.15, 0.2) is 91.5 Å². The largest absolute Gasteiger partial charge is 0.464 e. The molecule has 0 saturated carbocycles. The van der Waals surface area contributed by atoms with Gasteiger partial charge in [-0.25, -0.2) is 38.3 Å². The van der Waals surface area contributed by atoms with Gasteiger partial charge in [-0.1, -0.05) is 0 Å². The molecule has 14 nitrogen and oxygen atoms in total. The highest BCUT2D eigenvalue weighted by Crippen LogP contribution is 2.26. The second-order valence-electron chi connectivity index (χ2n) is 11.2. The predicted octanol–water partition coefficient (Wildman–Crippen LogP) is 8.52. The van der Waals surface area contributed by atoms with Gasteiger partial charge in [0.25, 0.3) is 0 Å². The molecule has 2 aromatic carbocycles. The zero-order valence-corrected chi connectivity index (χ0v) is 32.8. The van der Waals surface area contributed by atoms with Crippen molar-refractivity contribution in [2.75, 3.05) is 18.5 Å². The van der Waals surface area contributed by atoms with Crippen LogP contribution in [-0.2, 0) is 22.6 Å². The fourth-order valence-electron chi connectivity index (χ4n) is 5.31. The van der Waals surface area contributed by atoms with Crippen molar-refractivity contribution < 1.29 is 36.7 Å². The summed E-state index contributed by atoms with van der Waals surface area (Å²) in [7, 11) is 0. The van der Waals surface area contributed by atoms with Crippen molar-refractivity contribution in [2.24, 2.45) is 5.73 Å². The van der Waals surface area contributed by atoms with Gasteiger partial charge in [0.1, 0.15) is 22.8 Å². The first-order valence-corrected chi connectivity index (χ1v) is 18.3. The summed E-state index contributed by atoms with van der Waals surface area (Å²) < 4.78 is 52.0. The Balaban J connectivity index is 0.000000155. The first-order chi connectivity index (χ1) is 26.5. The van der Waals surface area contributed by atoms with Crippen molar-refractivity contribution in [3.63, 3.8) is 0 Å². The maximum absolute atomic E-state index is 14.3. The van der Waals surface area contributed by atoms with Crippen LogP contribution in [0.3, 0.4) is 0 Å². The molecule has 0 atom stereocenters. The standard InChI is InChI=1S/C18H14BrFN4O3.C9H7BrClN3O2.C9H8FNO/c1-2-26-17(25)14-9-24-16(23-14)12(19)8-22-18(24)21-7-11-10-5-6-27-15(10)4-3-13(11)20;1-2-16-8(15)6-4-14-7(13-6)5(10)3-12-9(14)11;10-8-1-2-9-6(3-4-12-9)7(8)5-11/h3-6,8-9H,2,7H2,1H3,(H,21,22);3-4H,2H2,1H3;1-4H,5,11H2. The summed E-state index contributed by atoms with van der Waals surface area (Å²) in [6.45, 7) is 4.40. The molecule has 0 aliphatic rings. The van der Waals surface area contributed by atoms with Crippen LogP contribution in [-0.4, -0.2) is 53.9 Å². The number of benzene rings is 2. The van der Waals surface area contributed by atoms with Crippen molar-refractivity contribution in [3.05, 3.63) is 122 Å². The fourth-order valence-corrected chi connectivity index (χ4v) is 6.26. The number of hydrogen-bond acceptors (Lipinski definition) is 12. The van der Waals surface area contributed by atoms with Gasteiger partial charge in [-0.3, -0.25) is 8.80 Å². The number of aromatic nitrogens is 6. The SMILES string of the molecule is CCOC(=O)c1cn2c(Cl)ncc(Br)c2n1.CCOC(=O)c1cn2c(NCc3c(F)ccc4occc34)ncc(Br)c2n1.NCc1c(F)ccc2occc12. The van der Waals surface area contributed by atoms with Crippen LogP contribution in [0.25, 0.3) is 33.2 Å². The number of carbonyl (C=O) groups is 2. The number of nitrogens with zero attached hydrogens (tertiary/aromatic N) is 6. The number of ether oxygens (including phenoxy) is 2. The molecule has 0 fully saturated rings. The van der Waals surface area contributed by atoms with E-state index in [4.69, 9.17) is 35.6 Å². The van der Waals surface area contributed by atoms with Gasteiger partial charge in [-0.15, -0.1) is 0 Å². The lowest BCUT2D eigenvalue weighted by Gasteiger charge is -2.10. The highest BCUT2D eigenvalue weighted by molar-refractivity contribution is 9.11. The third kappa shape index (κ3) is 8.46. The molecule has 55 heavy (non-hydrogen) atoms. The van der Waals surface area contributed by atoms with E-state index in [-0.39, 0.29) is 48.0 Å². The molecule has 284 valence electrons. The van der Waals surface area contributed by atoms with Crippen LogP contribution in [0.2, 0.25) is 5.28 Å². The number of halogens is 5. The van der Waals surface area contributed by atoms with Gasteiger partial charge >= 0.3 is 11.9 Å². The third-order valence-corrected chi connectivity index (χ3v) is 9.22. The van der Waals surface area contributed by atoms with Crippen molar-refractivity contribution in [2.45, 2.75) is 26.9 Å². The van der Waals surface area contributed by atoms with Crippen LogP contribution in [0.4, 0.5) is 14.7 Å². The number of esters is 2. The van der Waals surface area contributed by atoms with E-state index in [0.717, 1.165) is 5.39 Å². The molecule has 0 amide bonds. The lowest BCUT2D eigenvalue weighted by Crippen LogP contribution is -2.08. The van der Waals surface area contributed by atoms with Gasteiger partial charge in [0.05, 0.1) is 34.7 Å². The van der Waals surface area contributed by atoms with Gasteiger partial charge in [0.2, 0.25) is 11.2 Å². The number of fused-ring (bicyclic) bond motifs is 4. The number of nitrogens with one attached hydrogen (secondary N) is 1. The molecule has 8 aromatic rings. The average molecular weight is 903 g/mol. The van der Waals surface area contributed by atoms with Crippen molar-refractivity contribution in [3.8, 4) is 0 Å². The molecule has 3 N–H and O–H groups in total. The van der Waals surface area contributed by atoms with Gasteiger partial charge < -0.3 is 29.4 Å². The summed E-state index contributed by atoms with van der Waals surface area (Å²) >= 11 is 12.5. The molecule has 0 aliphatic heterocycles. The Morgan fingerprint density at radius 1 is 0.800 bits per heavy atom. The van der Waals surface area contributed by atoms with Crippen LogP contribution in [0, 0.1) is 11.6 Å². The van der Waals surface area contributed by atoms with E-state index in [0.29, 0.717) is 60.5 Å². The average Bonchev–Trinajstić information content (AvgIpc) is 4.00. The fraction of sp³-hybridized carbons (Fsp3) is 0.167. The monoisotopic (exact) mass is 900 g/mol. The summed E-state index contributed by atoms with van der Waals surface area (Å²) in [6.07, 6.45) is 9.16. The predicted molar refractivity (Wildman–Crippen MR) is 206 cm³/mol. The number of hydrogen-bond donors (Lipinski definition) is 2. The van der Waals surface area contributed by atoms with Gasteiger partial charge in [0, 0.05) is 59.8 Å². The van der Waals surface area contributed by atoms with Crippen molar-refractivity contribution >= 4 is 94.6 Å². The Morgan fingerprint density at radius 2 is 1.31 bits per heavy atom. The Labute approximate surface area is 331 Å². The highest BCUT2D eigenvalue weighted by atomic mass is 79.9. The van der Waals surface area contributed by atoms with Crippen LogP contribution in [0.1, 0.15) is 46.0 Å². The van der Waals surface area contributed by atoms with E-state index < -0.39 is 11.9 Å². The van der Waals surface area contributed by atoms with E-state index in [2.05, 4.69) is 57.1 Å². The summed E-state index contributed by atoms with van der Waals surface area (Å²) in [5, 5.41) is 4.78. The Bertz CT molecular complexity index is 2620. The number of furan rings is 2. The van der Waals surface area contributed by atoms with E-state index >= 15 is 0 Å². The first-order valence-electron chi connectivity index (χ1n) is 16.3. The molecule has 0 spiro atoms. The summed E-state index contributed by atoms with van der Waals surface area (Å²) in [5.41, 5.74) is 9.05. The lowest BCUT2D eigenvalue weighted by molar-refractivity contribution is 0.0511. The third-order valence-electron chi connectivity index (χ3n) is 7.83. The van der Waals surface area contributed by atoms with Gasteiger partial charge in [0.15, 0.2) is 22.7 Å². The smallest absolute Gasteiger partial charge is 0.358 e. The number of nitrogens with two attached hydrogens (primary N) is 1. The second kappa shape index (κ2) is 17.4. The minimum atomic E-state index is -0.520. The quantitative estimate of drug-likeness (QED) is 0.110. The highest BCUT2D eigenvalue weighted by Gasteiger charge is 2.18.